The van der Waals surface area contributed by atoms with E-state index in [2.05, 4.69) is 48.3 Å². The molecule has 1 aliphatic carbocycles. The fourth-order valence-electron chi connectivity index (χ4n) is 4.46. The zero-order valence-electron chi connectivity index (χ0n) is 16.1. The molecule has 0 spiro atoms. The predicted molar refractivity (Wildman–Crippen MR) is 117 cm³/mol. The Bertz CT molecular complexity index is 1280. The minimum absolute atomic E-state index is 0.138. The number of hydrogen-bond acceptors (Lipinski definition) is 2. The van der Waals surface area contributed by atoms with Crippen LogP contribution in [0, 0.1) is 17.0 Å². The second kappa shape index (κ2) is 6.74. The number of hydrogen-bond donors (Lipinski definition) is 1. The minimum atomic E-state index is -0.314. The summed E-state index contributed by atoms with van der Waals surface area (Å²) in [6.07, 6.45) is 2.16. The van der Waals surface area contributed by atoms with Crippen LogP contribution < -0.4 is 0 Å². The van der Waals surface area contributed by atoms with E-state index in [9.17, 15) is 10.1 Å². The molecular weight excluding hydrogens is 360 g/mol. The molecule has 29 heavy (non-hydrogen) atoms. The third-order valence-corrected chi connectivity index (χ3v) is 5.70. The van der Waals surface area contributed by atoms with E-state index in [1.54, 1.807) is 0 Å². The van der Waals surface area contributed by atoms with E-state index in [0.29, 0.717) is 0 Å². The Morgan fingerprint density at radius 2 is 1.79 bits per heavy atom. The summed E-state index contributed by atoms with van der Waals surface area (Å²) in [5.74, 6) is -0.314. The molecule has 0 bridgehead atoms. The molecule has 1 heterocycles. The largest absolute Gasteiger partial charge is 0.354 e. The van der Waals surface area contributed by atoms with Gasteiger partial charge in [-0.3, -0.25) is 10.1 Å². The third-order valence-electron chi connectivity index (χ3n) is 5.70. The lowest BCUT2D eigenvalue weighted by Crippen LogP contribution is -2.15. The van der Waals surface area contributed by atoms with E-state index >= 15 is 0 Å². The van der Waals surface area contributed by atoms with Crippen LogP contribution in [-0.4, -0.2) is 16.5 Å². The Morgan fingerprint density at radius 3 is 2.62 bits per heavy atom. The molecule has 0 saturated heterocycles. The molecule has 0 amide bonds. The molecule has 0 unspecified atom stereocenters. The van der Waals surface area contributed by atoms with Crippen molar-refractivity contribution in [2.24, 2.45) is 0 Å². The van der Waals surface area contributed by atoms with E-state index in [-0.39, 0.29) is 17.4 Å². The molecular formula is C25H20N2O2. The average Bonchev–Trinajstić information content (AvgIpc) is 3.03. The summed E-state index contributed by atoms with van der Waals surface area (Å²) in [5.41, 5.74) is 8.37. The van der Waals surface area contributed by atoms with Crippen molar-refractivity contribution >= 4 is 22.6 Å². The van der Waals surface area contributed by atoms with Crippen LogP contribution in [0.25, 0.3) is 22.6 Å². The monoisotopic (exact) mass is 380 g/mol. The van der Waals surface area contributed by atoms with E-state index < -0.39 is 0 Å². The van der Waals surface area contributed by atoms with Gasteiger partial charge in [-0.05, 0) is 41.3 Å². The number of aromatic nitrogens is 1. The number of H-pyrrole nitrogens is 1. The lowest BCUT2D eigenvalue weighted by atomic mass is 9.87. The maximum atomic E-state index is 11.6. The van der Waals surface area contributed by atoms with Crippen LogP contribution in [0.2, 0.25) is 0 Å². The number of aryl methyl sites for hydroxylation is 1. The second-order valence-electron chi connectivity index (χ2n) is 7.58. The van der Waals surface area contributed by atoms with Gasteiger partial charge in [0.2, 0.25) is 6.54 Å². The van der Waals surface area contributed by atoms with Crippen molar-refractivity contribution in [3.63, 3.8) is 0 Å². The zero-order valence-corrected chi connectivity index (χ0v) is 16.1. The van der Waals surface area contributed by atoms with Crippen LogP contribution in [-0.2, 0) is 0 Å². The summed E-state index contributed by atoms with van der Waals surface area (Å²) in [4.78, 5) is 15.0. The first-order valence-corrected chi connectivity index (χ1v) is 9.72. The molecule has 4 nitrogen and oxygen atoms in total. The number of nitrogens with one attached hydrogen (secondary N) is 1. The first-order chi connectivity index (χ1) is 14.1. The summed E-state index contributed by atoms with van der Waals surface area (Å²) >= 11 is 0. The fourth-order valence-corrected chi connectivity index (χ4v) is 4.46. The van der Waals surface area contributed by atoms with Crippen LogP contribution in [0.15, 0.2) is 72.8 Å². The van der Waals surface area contributed by atoms with Gasteiger partial charge in [-0.15, -0.1) is 0 Å². The minimum Gasteiger partial charge on any atom is -0.354 e. The summed E-state index contributed by atoms with van der Waals surface area (Å²) in [5, 5.41) is 12.7. The van der Waals surface area contributed by atoms with Gasteiger partial charge in [-0.1, -0.05) is 72.3 Å². The van der Waals surface area contributed by atoms with E-state index in [1.807, 2.05) is 42.5 Å². The van der Waals surface area contributed by atoms with Crippen molar-refractivity contribution in [2.45, 2.75) is 12.8 Å². The maximum Gasteiger partial charge on any atom is 0.214 e. The SMILES string of the molecule is Cc1cccc(C2=Cc3ccccc3[C@@H](C[N+](=O)[O-])c3c2[nH]c2ccccc32)c1. The van der Waals surface area contributed by atoms with Gasteiger partial charge in [-0.25, -0.2) is 0 Å². The van der Waals surface area contributed by atoms with Crippen molar-refractivity contribution in [3.8, 4) is 0 Å². The molecule has 1 atom stereocenters. The Kier molecular flexibility index (Phi) is 4.06. The number of benzene rings is 3. The van der Waals surface area contributed by atoms with Crippen LogP contribution in [0.1, 0.15) is 39.4 Å². The van der Waals surface area contributed by atoms with E-state index in [4.69, 9.17) is 0 Å². The predicted octanol–water partition coefficient (Wildman–Crippen LogP) is 5.79. The quantitative estimate of drug-likeness (QED) is 0.361. The topological polar surface area (TPSA) is 58.9 Å². The van der Waals surface area contributed by atoms with Crippen LogP contribution in [0.4, 0.5) is 0 Å². The molecule has 0 radical (unpaired) electrons. The Morgan fingerprint density at radius 1 is 1.00 bits per heavy atom. The Balaban J connectivity index is 1.88. The lowest BCUT2D eigenvalue weighted by molar-refractivity contribution is -0.481. The van der Waals surface area contributed by atoms with E-state index in [1.165, 1.54) is 5.56 Å². The molecule has 142 valence electrons. The average molecular weight is 380 g/mol. The first kappa shape index (κ1) is 17.4. The Labute approximate surface area is 168 Å². The van der Waals surface area contributed by atoms with Crippen LogP contribution in [0.5, 0.6) is 0 Å². The van der Waals surface area contributed by atoms with Crippen molar-refractivity contribution in [2.75, 3.05) is 6.54 Å². The summed E-state index contributed by atoms with van der Waals surface area (Å²) in [6, 6.07) is 24.5. The van der Waals surface area contributed by atoms with Crippen molar-refractivity contribution in [1.29, 1.82) is 0 Å². The molecule has 5 rings (SSSR count). The fraction of sp³-hybridized carbons (Fsp3) is 0.120. The highest BCUT2D eigenvalue weighted by Gasteiger charge is 2.31. The highest BCUT2D eigenvalue weighted by molar-refractivity contribution is 6.00. The number of aromatic amines is 1. The molecule has 4 aromatic rings. The van der Waals surface area contributed by atoms with Gasteiger partial charge in [0.05, 0.1) is 11.6 Å². The molecule has 1 aliphatic rings. The number of para-hydroxylation sites is 1. The molecule has 3 aromatic carbocycles. The van der Waals surface area contributed by atoms with Crippen LogP contribution in [0.3, 0.4) is 0 Å². The van der Waals surface area contributed by atoms with Gasteiger partial charge in [-0.2, -0.15) is 0 Å². The highest BCUT2D eigenvalue weighted by atomic mass is 16.6. The van der Waals surface area contributed by atoms with Crippen molar-refractivity contribution in [3.05, 3.63) is 116 Å². The second-order valence-corrected chi connectivity index (χ2v) is 7.58. The molecule has 1 N–H and O–H groups in total. The number of fused-ring (bicyclic) bond motifs is 4. The van der Waals surface area contributed by atoms with Gasteiger partial charge >= 0.3 is 0 Å². The molecule has 4 heteroatoms. The number of rotatable bonds is 3. The summed E-state index contributed by atoms with van der Waals surface area (Å²) in [6.45, 7) is 1.94. The summed E-state index contributed by atoms with van der Waals surface area (Å²) in [7, 11) is 0. The summed E-state index contributed by atoms with van der Waals surface area (Å²) < 4.78 is 0. The maximum absolute atomic E-state index is 11.6. The molecule has 1 aromatic heterocycles. The van der Waals surface area contributed by atoms with Gasteiger partial charge in [0, 0.05) is 21.4 Å². The normalized spacial score (nSPS) is 15.3. The molecule has 0 aliphatic heterocycles. The van der Waals surface area contributed by atoms with Gasteiger partial charge in [0.15, 0.2) is 0 Å². The highest BCUT2D eigenvalue weighted by Crippen LogP contribution is 2.43. The van der Waals surface area contributed by atoms with Gasteiger partial charge in [0.1, 0.15) is 0 Å². The Hall–Kier alpha value is -3.66. The zero-order chi connectivity index (χ0) is 20.0. The smallest absolute Gasteiger partial charge is 0.214 e. The van der Waals surface area contributed by atoms with Crippen molar-refractivity contribution in [1.82, 2.24) is 4.98 Å². The lowest BCUT2D eigenvalue weighted by Gasteiger charge is -2.15. The van der Waals surface area contributed by atoms with Crippen molar-refractivity contribution < 1.29 is 4.92 Å². The van der Waals surface area contributed by atoms with Crippen LogP contribution >= 0.6 is 0 Å². The molecule has 0 saturated carbocycles. The van der Waals surface area contributed by atoms with Gasteiger partial charge < -0.3 is 4.98 Å². The van der Waals surface area contributed by atoms with E-state index in [0.717, 1.165) is 44.4 Å². The molecule has 0 fully saturated rings. The van der Waals surface area contributed by atoms with Gasteiger partial charge in [0.25, 0.3) is 0 Å². The number of nitrogens with zero attached hydrogens (tertiary/aromatic N) is 1. The number of nitro groups is 1. The first-order valence-electron chi connectivity index (χ1n) is 9.72. The third kappa shape index (κ3) is 2.93. The standard InChI is InChI=1S/C25H20N2O2/c1-16-7-6-9-17(13-16)21-14-18-8-2-3-10-19(18)22(15-27(28)29)24-20-11-4-5-12-23(20)26-25(21)24/h2-14,22,26H,15H2,1H3/t22-/m1/s1.